The van der Waals surface area contributed by atoms with Crippen molar-refractivity contribution in [3.63, 3.8) is 0 Å². The Kier molecular flexibility index (Phi) is 5.07. The van der Waals surface area contributed by atoms with Crippen molar-refractivity contribution in [2.45, 2.75) is 6.36 Å². The maximum absolute atomic E-state index is 12.4. The molecule has 0 bridgehead atoms. The second-order valence-corrected chi connectivity index (χ2v) is 5.43. The lowest BCUT2D eigenvalue weighted by Gasteiger charge is -2.10. The van der Waals surface area contributed by atoms with Crippen molar-refractivity contribution in [1.82, 2.24) is 15.0 Å². The molecule has 8 nitrogen and oxygen atoms in total. The second kappa shape index (κ2) is 7.47. The minimum absolute atomic E-state index is 0.0287. The van der Waals surface area contributed by atoms with Gasteiger partial charge in [-0.15, -0.1) is 18.3 Å². The Bertz CT molecular complexity index is 986. The van der Waals surface area contributed by atoms with E-state index in [9.17, 15) is 18.0 Å². The number of rotatable bonds is 5. The molecular formula is C17H14F3N5O3. The Morgan fingerprint density at radius 1 is 1.14 bits per heavy atom. The number of hydrogen-bond donors (Lipinski definition) is 2. The summed E-state index contributed by atoms with van der Waals surface area (Å²) in [4.78, 5) is 12.4. The molecule has 0 fully saturated rings. The highest BCUT2D eigenvalue weighted by Gasteiger charge is 2.31. The van der Waals surface area contributed by atoms with Crippen LogP contribution in [0.4, 0.5) is 24.7 Å². The summed E-state index contributed by atoms with van der Waals surface area (Å²) in [5, 5.41) is 10.1. The van der Waals surface area contributed by atoms with Crippen molar-refractivity contribution in [3.8, 4) is 17.2 Å². The summed E-state index contributed by atoms with van der Waals surface area (Å²) in [6, 6.07) is 11.5. The number of carbonyl (C=O) groups excluding carboxylic acids is 1. The van der Waals surface area contributed by atoms with Crippen LogP contribution in [0.3, 0.4) is 0 Å². The van der Waals surface area contributed by atoms with Gasteiger partial charge in [-0.05, 0) is 36.4 Å². The smallest absolute Gasteiger partial charge is 0.494 e. The van der Waals surface area contributed by atoms with E-state index in [0.29, 0.717) is 11.4 Å². The first-order chi connectivity index (χ1) is 13.3. The zero-order valence-electron chi connectivity index (χ0n) is 14.4. The quantitative estimate of drug-likeness (QED) is 0.691. The molecule has 0 atom stereocenters. The minimum Gasteiger partial charge on any atom is -0.494 e. The lowest BCUT2D eigenvalue weighted by Crippen LogP contribution is -2.17. The molecule has 3 aromatic rings. The molecule has 3 rings (SSSR count). The van der Waals surface area contributed by atoms with Crippen LogP contribution in [0.2, 0.25) is 0 Å². The molecule has 0 radical (unpaired) electrons. The molecule has 0 saturated carbocycles. The number of nitrogens with zero attached hydrogens (tertiary/aromatic N) is 3. The Hall–Kier alpha value is -3.76. The van der Waals surface area contributed by atoms with E-state index >= 15 is 0 Å². The summed E-state index contributed by atoms with van der Waals surface area (Å²) in [6.07, 6.45) is -4.80. The zero-order chi connectivity index (χ0) is 20.3. The van der Waals surface area contributed by atoms with Gasteiger partial charge in [-0.3, -0.25) is 4.79 Å². The van der Waals surface area contributed by atoms with Gasteiger partial charge in [0.25, 0.3) is 5.91 Å². The first-order valence-corrected chi connectivity index (χ1v) is 7.80. The van der Waals surface area contributed by atoms with E-state index in [2.05, 4.69) is 20.4 Å². The van der Waals surface area contributed by atoms with Crippen LogP contribution in [0.15, 0.2) is 48.5 Å². The first-order valence-electron chi connectivity index (χ1n) is 7.80. The average Bonchev–Trinajstić information content (AvgIpc) is 3.03. The molecule has 0 aliphatic rings. The zero-order valence-corrected chi connectivity index (χ0v) is 14.4. The fourth-order valence-electron chi connectivity index (χ4n) is 2.36. The van der Waals surface area contributed by atoms with Crippen LogP contribution >= 0.6 is 0 Å². The van der Waals surface area contributed by atoms with E-state index in [1.165, 1.54) is 23.9 Å². The van der Waals surface area contributed by atoms with E-state index in [4.69, 9.17) is 10.5 Å². The maximum Gasteiger partial charge on any atom is 0.573 e. The van der Waals surface area contributed by atoms with Crippen molar-refractivity contribution >= 4 is 17.4 Å². The average molecular weight is 393 g/mol. The number of amides is 1. The van der Waals surface area contributed by atoms with Crippen molar-refractivity contribution < 1.29 is 27.4 Å². The second-order valence-electron chi connectivity index (χ2n) is 5.43. The first kappa shape index (κ1) is 19.0. The largest absolute Gasteiger partial charge is 0.573 e. The van der Waals surface area contributed by atoms with Crippen LogP contribution in [-0.2, 0) is 0 Å². The number of nitrogen functional groups attached to an aromatic ring is 1. The number of methoxy groups -OCH3 is 1. The van der Waals surface area contributed by atoms with Crippen molar-refractivity contribution in [3.05, 3.63) is 54.2 Å². The number of nitrogens with two attached hydrogens (primary N) is 1. The number of anilines is 2. The van der Waals surface area contributed by atoms with Crippen molar-refractivity contribution in [2.24, 2.45) is 0 Å². The SMILES string of the molecule is COc1ccccc1-n1nnc(C(=O)Nc2ccc(OC(F)(F)F)cc2)c1N. The number of alkyl halides is 3. The standard InChI is InChI=1S/C17H14F3N5O3/c1-27-13-5-3-2-4-12(13)25-15(21)14(23-24-25)16(26)22-10-6-8-11(9-7-10)28-17(18,19)20/h2-9H,21H2,1H3,(H,22,26). The molecule has 0 aliphatic carbocycles. The van der Waals surface area contributed by atoms with Crippen LogP contribution in [0, 0.1) is 0 Å². The minimum atomic E-state index is -4.80. The van der Waals surface area contributed by atoms with Gasteiger partial charge in [-0.1, -0.05) is 17.3 Å². The van der Waals surface area contributed by atoms with Gasteiger partial charge in [-0.25, -0.2) is 0 Å². The van der Waals surface area contributed by atoms with Crippen molar-refractivity contribution in [2.75, 3.05) is 18.2 Å². The molecule has 0 unspecified atom stereocenters. The number of nitrogens with one attached hydrogen (secondary N) is 1. The molecule has 3 N–H and O–H groups in total. The van der Waals surface area contributed by atoms with Gasteiger partial charge < -0.3 is 20.5 Å². The van der Waals surface area contributed by atoms with Crippen LogP contribution < -0.4 is 20.5 Å². The Balaban J connectivity index is 1.78. The monoisotopic (exact) mass is 393 g/mol. The van der Waals surface area contributed by atoms with Crippen LogP contribution in [-0.4, -0.2) is 34.4 Å². The van der Waals surface area contributed by atoms with E-state index in [0.717, 1.165) is 12.1 Å². The fourth-order valence-corrected chi connectivity index (χ4v) is 2.36. The highest BCUT2D eigenvalue weighted by molar-refractivity contribution is 6.05. The number of halogens is 3. The molecule has 11 heteroatoms. The molecule has 1 heterocycles. The lowest BCUT2D eigenvalue weighted by molar-refractivity contribution is -0.274. The van der Waals surface area contributed by atoms with Gasteiger partial charge in [-0.2, -0.15) is 4.68 Å². The third-order valence-corrected chi connectivity index (χ3v) is 3.58. The van der Waals surface area contributed by atoms with E-state index in [1.807, 2.05) is 0 Å². The van der Waals surface area contributed by atoms with E-state index < -0.39 is 18.0 Å². The molecule has 1 amide bonds. The number of carbonyl (C=O) groups is 1. The van der Waals surface area contributed by atoms with Crippen LogP contribution in [0.5, 0.6) is 11.5 Å². The maximum atomic E-state index is 12.4. The fraction of sp³-hybridized carbons (Fsp3) is 0.118. The molecule has 0 saturated heterocycles. The van der Waals surface area contributed by atoms with Gasteiger partial charge in [0.2, 0.25) is 0 Å². The highest BCUT2D eigenvalue weighted by atomic mass is 19.4. The van der Waals surface area contributed by atoms with Crippen LogP contribution in [0.25, 0.3) is 5.69 Å². The summed E-state index contributed by atoms with van der Waals surface area (Å²) in [7, 11) is 1.48. The predicted octanol–water partition coefficient (Wildman–Crippen LogP) is 3.01. The number of aromatic nitrogens is 3. The Labute approximate surface area is 156 Å². The van der Waals surface area contributed by atoms with Gasteiger partial charge in [0.1, 0.15) is 17.2 Å². The number of hydrogen-bond acceptors (Lipinski definition) is 6. The molecule has 146 valence electrons. The molecule has 0 aliphatic heterocycles. The Morgan fingerprint density at radius 2 is 1.82 bits per heavy atom. The molecule has 28 heavy (non-hydrogen) atoms. The van der Waals surface area contributed by atoms with E-state index in [1.54, 1.807) is 24.3 Å². The van der Waals surface area contributed by atoms with Gasteiger partial charge in [0.15, 0.2) is 11.5 Å². The third kappa shape index (κ3) is 4.14. The molecule has 0 spiro atoms. The van der Waals surface area contributed by atoms with Gasteiger partial charge in [0, 0.05) is 5.69 Å². The van der Waals surface area contributed by atoms with Gasteiger partial charge >= 0.3 is 6.36 Å². The van der Waals surface area contributed by atoms with Crippen molar-refractivity contribution in [1.29, 1.82) is 0 Å². The summed E-state index contributed by atoms with van der Waals surface area (Å²) >= 11 is 0. The summed E-state index contributed by atoms with van der Waals surface area (Å²) in [5.41, 5.74) is 6.55. The third-order valence-electron chi connectivity index (χ3n) is 3.58. The topological polar surface area (TPSA) is 104 Å². The summed E-state index contributed by atoms with van der Waals surface area (Å²) in [5.74, 6) is -0.638. The number of benzene rings is 2. The van der Waals surface area contributed by atoms with Crippen LogP contribution in [0.1, 0.15) is 10.5 Å². The van der Waals surface area contributed by atoms with E-state index in [-0.39, 0.29) is 17.2 Å². The summed E-state index contributed by atoms with van der Waals surface area (Å²) in [6.45, 7) is 0. The lowest BCUT2D eigenvalue weighted by atomic mass is 10.2. The molecule has 2 aromatic carbocycles. The molecular weight excluding hydrogens is 379 g/mol. The Morgan fingerprint density at radius 3 is 2.46 bits per heavy atom. The normalized spacial score (nSPS) is 11.1. The van der Waals surface area contributed by atoms with Gasteiger partial charge in [0.05, 0.1) is 7.11 Å². The number of ether oxygens (including phenoxy) is 2. The highest BCUT2D eigenvalue weighted by Crippen LogP contribution is 2.26. The number of para-hydroxylation sites is 2. The predicted molar refractivity (Wildman–Crippen MR) is 93.4 cm³/mol. The summed E-state index contributed by atoms with van der Waals surface area (Å²) < 4.78 is 46.8. The molecule has 1 aromatic heterocycles.